The summed E-state index contributed by atoms with van der Waals surface area (Å²) in [5.74, 6) is 0.487. The number of benzene rings is 2. The summed E-state index contributed by atoms with van der Waals surface area (Å²) in [7, 11) is -2.20. The molecule has 0 aliphatic carbocycles. The van der Waals surface area contributed by atoms with Gasteiger partial charge in [0.05, 0.1) is 17.7 Å². The zero-order valence-electron chi connectivity index (χ0n) is 19.2. The van der Waals surface area contributed by atoms with Crippen LogP contribution in [0.25, 0.3) is 0 Å². The maximum atomic E-state index is 13.0. The molecule has 2 aliphatic rings. The summed E-state index contributed by atoms with van der Waals surface area (Å²) in [5, 5.41) is 2.68. The first-order valence-corrected chi connectivity index (χ1v) is 12.8. The van der Waals surface area contributed by atoms with Crippen LogP contribution in [0.4, 0.5) is 11.4 Å². The number of amides is 2. The van der Waals surface area contributed by atoms with Crippen molar-refractivity contribution < 1.29 is 27.5 Å². The second-order valence-corrected chi connectivity index (χ2v) is 10.2. The van der Waals surface area contributed by atoms with E-state index in [2.05, 4.69) is 5.32 Å². The Morgan fingerprint density at radius 2 is 1.74 bits per heavy atom. The number of ether oxygens (including phenoxy) is 2. The van der Waals surface area contributed by atoms with E-state index >= 15 is 0 Å². The van der Waals surface area contributed by atoms with Crippen molar-refractivity contribution in [2.45, 2.75) is 37.0 Å². The molecule has 2 fully saturated rings. The molecule has 10 heteroatoms. The lowest BCUT2D eigenvalue weighted by atomic mass is 10.2. The van der Waals surface area contributed by atoms with Crippen LogP contribution < -0.4 is 19.7 Å². The predicted octanol–water partition coefficient (Wildman–Crippen LogP) is 3.01. The number of carbonyl (C=O) groups excluding carboxylic acids is 2. The molecular formula is C24H29N3O6S. The highest BCUT2D eigenvalue weighted by atomic mass is 32.2. The smallest absolute Gasteiger partial charge is 0.262 e. The van der Waals surface area contributed by atoms with Gasteiger partial charge in [0, 0.05) is 31.7 Å². The average Bonchev–Trinajstić information content (AvgIpc) is 3.29. The van der Waals surface area contributed by atoms with Gasteiger partial charge in [-0.1, -0.05) is 6.42 Å². The van der Waals surface area contributed by atoms with Crippen molar-refractivity contribution in [3.05, 3.63) is 42.5 Å². The number of carbonyl (C=O) groups is 2. The number of rotatable bonds is 8. The summed E-state index contributed by atoms with van der Waals surface area (Å²) in [5.41, 5.74) is 1.06. The standard InChI is InChI=1S/C24H29N3O6S/c1-32-22-12-11-20(34(30,31)26-13-3-2-4-14-26)16-21(22)25-23(28)17-33-19-9-7-18(8-10-19)27-15-5-6-24(27)29/h7-12,16H,2-6,13-15,17H2,1H3,(H,25,28). The summed E-state index contributed by atoms with van der Waals surface area (Å²) in [6.07, 6.45) is 4.11. The molecular weight excluding hydrogens is 458 g/mol. The second-order valence-electron chi connectivity index (χ2n) is 8.31. The van der Waals surface area contributed by atoms with Gasteiger partial charge >= 0.3 is 0 Å². The van der Waals surface area contributed by atoms with Crippen molar-refractivity contribution in [2.75, 3.05) is 43.6 Å². The second kappa shape index (κ2) is 10.4. The number of sulfonamides is 1. The SMILES string of the molecule is COc1ccc(S(=O)(=O)N2CCCCC2)cc1NC(=O)COc1ccc(N2CCCC2=O)cc1. The molecule has 9 nitrogen and oxygen atoms in total. The Labute approximate surface area is 199 Å². The molecule has 2 aliphatic heterocycles. The van der Waals surface area contributed by atoms with Crippen LogP contribution in [0, 0.1) is 0 Å². The maximum absolute atomic E-state index is 13.0. The van der Waals surface area contributed by atoms with Gasteiger partial charge in [-0.05, 0) is 61.7 Å². The molecule has 182 valence electrons. The van der Waals surface area contributed by atoms with Gasteiger partial charge in [0.25, 0.3) is 5.91 Å². The third-order valence-corrected chi connectivity index (χ3v) is 7.88. The molecule has 1 N–H and O–H groups in total. The zero-order chi connectivity index (χ0) is 24.1. The Kier molecular flexibility index (Phi) is 7.38. The van der Waals surface area contributed by atoms with Crippen LogP contribution in [0.3, 0.4) is 0 Å². The highest BCUT2D eigenvalue weighted by Crippen LogP contribution is 2.30. The van der Waals surface area contributed by atoms with Crippen LogP contribution in [0.2, 0.25) is 0 Å². The predicted molar refractivity (Wildman–Crippen MR) is 128 cm³/mol. The van der Waals surface area contributed by atoms with Crippen molar-refractivity contribution in [1.82, 2.24) is 4.31 Å². The number of hydrogen-bond donors (Lipinski definition) is 1. The summed E-state index contributed by atoms with van der Waals surface area (Å²) in [4.78, 5) is 26.2. The number of piperidine rings is 1. The molecule has 0 bridgehead atoms. The molecule has 2 heterocycles. The summed E-state index contributed by atoms with van der Waals surface area (Å²) >= 11 is 0. The first-order chi connectivity index (χ1) is 16.4. The lowest BCUT2D eigenvalue weighted by Crippen LogP contribution is -2.35. The summed E-state index contributed by atoms with van der Waals surface area (Å²) in [6.45, 7) is 1.42. The van der Waals surface area contributed by atoms with Gasteiger partial charge in [-0.25, -0.2) is 8.42 Å². The van der Waals surface area contributed by atoms with Crippen molar-refractivity contribution in [3.8, 4) is 11.5 Å². The van der Waals surface area contributed by atoms with Crippen molar-refractivity contribution >= 4 is 33.2 Å². The van der Waals surface area contributed by atoms with E-state index in [1.165, 1.54) is 29.6 Å². The molecule has 0 saturated carbocycles. The normalized spacial score (nSPS) is 17.0. The van der Waals surface area contributed by atoms with E-state index in [-0.39, 0.29) is 23.1 Å². The Bertz CT molecular complexity index is 1140. The average molecular weight is 488 g/mol. The van der Waals surface area contributed by atoms with Crippen LogP contribution in [0.1, 0.15) is 32.1 Å². The molecule has 2 saturated heterocycles. The van der Waals surface area contributed by atoms with Gasteiger partial charge in [0.1, 0.15) is 11.5 Å². The van der Waals surface area contributed by atoms with Crippen molar-refractivity contribution in [3.63, 3.8) is 0 Å². The fourth-order valence-corrected chi connectivity index (χ4v) is 5.72. The van der Waals surface area contributed by atoms with E-state index < -0.39 is 15.9 Å². The van der Waals surface area contributed by atoms with Gasteiger partial charge in [0.2, 0.25) is 15.9 Å². The number of nitrogens with zero attached hydrogens (tertiary/aromatic N) is 2. The van der Waals surface area contributed by atoms with E-state index in [4.69, 9.17) is 9.47 Å². The van der Waals surface area contributed by atoms with E-state index in [9.17, 15) is 18.0 Å². The molecule has 4 rings (SSSR count). The summed E-state index contributed by atoms with van der Waals surface area (Å²) in [6, 6.07) is 11.4. The topological polar surface area (TPSA) is 105 Å². The third kappa shape index (κ3) is 5.34. The quantitative estimate of drug-likeness (QED) is 0.614. The van der Waals surface area contributed by atoms with Gasteiger partial charge in [-0.3, -0.25) is 9.59 Å². The molecule has 0 atom stereocenters. The molecule has 2 aromatic rings. The fraction of sp³-hybridized carbons (Fsp3) is 0.417. The third-order valence-electron chi connectivity index (χ3n) is 5.99. The number of methoxy groups -OCH3 is 1. The molecule has 2 aromatic carbocycles. The fourth-order valence-electron chi connectivity index (χ4n) is 4.18. The molecule has 34 heavy (non-hydrogen) atoms. The van der Waals surface area contributed by atoms with Gasteiger partial charge < -0.3 is 19.7 Å². The van der Waals surface area contributed by atoms with E-state index in [1.54, 1.807) is 29.2 Å². The van der Waals surface area contributed by atoms with Crippen molar-refractivity contribution in [1.29, 1.82) is 0 Å². The minimum atomic E-state index is -3.65. The Balaban J connectivity index is 1.40. The van der Waals surface area contributed by atoms with E-state index in [1.807, 2.05) is 0 Å². The Morgan fingerprint density at radius 1 is 1.00 bits per heavy atom. The maximum Gasteiger partial charge on any atom is 0.262 e. The number of hydrogen-bond acceptors (Lipinski definition) is 6. The van der Waals surface area contributed by atoms with Gasteiger partial charge in [0.15, 0.2) is 6.61 Å². The first kappa shape index (κ1) is 24.0. The Hall–Kier alpha value is -3.11. The minimum absolute atomic E-state index is 0.103. The lowest BCUT2D eigenvalue weighted by Gasteiger charge is -2.26. The van der Waals surface area contributed by atoms with Crippen LogP contribution in [0.15, 0.2) is 47.4 Å². The molecule has 0 spiro atoms. The van der Waals surface area contributed by atoms with E-state index in [0.717, 1.165) is 31.4 Å². The van der Waals surface area contributed by atoms with Gasteiger partial charge in [-0.2, -0.15) is 4.31 Å². The zero-order valence-corrected chi connectivity index (χ0v) is 20.0. The van der Waals surface area contributed by atoms with Crippen molar-refractivity contribution in [2.24, 2.45) is 0 Å². The molecule has 0 unspecified atom stereocenters. The Morgan fingerprint density at radius 3 is 2.38 bits per heavy atom. The highest BCUT2D eigenvalue weighted by molar-refractivity contribution is 7.89. The highest BCUT2D eigenvalue weighted by Gasteiger charge is 2.27. The lowest BCUT2D eigenvalue weighted by molar-refractivity contribution is -0.118. The largest absolute Gasteiger partial charge is 0.495 e. The van der Waals surface area contributed by atoms with Crippen LogP contribution >= 0.6 is 0 Å². The molecule has 0 aromatic heterocycles. The summed E-state index contributed by atoms with van der Waals surface area (Å²) < 4.78 is 38.3. The van der Waals surface area contributed by atoms with Gasteiger partial charge in [-0.15, -0.1) is 0 Å². The van der Waals surface area contributed by atoms with Crippen LogP contribution in [-0.4, -0.2) is 57.9 Å². The molecule has 2 amide bonds. The monoisotopic (exact) mass is 487 g/mol. The van der Waals surface area contributed by atoms with E-state index in [0.29, 0.717) is 37.6 Å². The van der Waals surface area contributed by atoms with Crippen LogP contribution in [0.5, 0.6) is 11.5 Å². The number of anilines is 2. The minimum Gasteiger partial charge on any atom is -0.495 e. The number of nitrogens with one attached hydrogen (secondary N) is 1. The first-order valence-electron chi connectivity index (χ1n) is 11.4. The molecule has 0 radical (unpaired) electrons. The van der Waals surface area contributed by atoms with Crippen LogP contribution in [-0.2, 0) is 19.6 Å².